The van der Waals surface area contributed by atoms with Gasteiger partial charge in [0.2, 0.25) is 29.5 Å². The summed E-state index contributed by atoms with van der Waals surface area (Å²) in [5, 5.41) is 18.4. The number of nitrogens with zero attached hydrogens (tertiary/aromatic N) is 4. The molecule has 26 nitrogen and oxygen atoms in total. The van der Waals surface area contributed by atoms with Crippen LogP contribution >= 0.6 is 22.9 Å². The Kier molecular flexibility index (Phi) is 24.8. The lowest BCUT2D eigenvalue weighted by molar-refractivity contribution is -0.137. The molecule has 1 fully saturated rings. The number of aryl methyl sites for hydroxylation is 1. The number of piperazine rings is 1. The van der Waals surface area contributed by atoms with Gasteiger partial charge in [0, 0.05) is 128 Å². The molecule has 7 N–H and O–H groups in total. The number of anilines is 2. The maximum absolute atomic E-state index is 14.6. The topological polar surface area (TPSA) is 322 Å². The average Bonchev–Trinajstić information content (AvgIpc) is 1.57. The Morgan fingerprint density at radius 1 is 0.673 bits per heavy atom. The van der Waals surface area contributed by atoms with Gasteiger partial charge < -0.3 is 74.9 Å². The van der Waals surface area contributed by atoms with Crippen molar-refractivity contribution < 1.29 is 71.6 Å². The highest BCUT2D eigenvalue weighted by Crippen LogP contribution is 2.49. The van der Waals surface area contributed by atoms with Gasteiger partial charge in [-0.05, 0) is 77.7 Å². The van der Waals surface area contributed by atoms with Crippen LogP contribution in [0.15, 0.2) is 109 Å². The first-order valence-corrected chi connectivity index (χ1v) is 34.0. The van der Waals surface area contributed by atoms with E-state index in [0.717, 1.165) is 42.6 Å². The number of imide groups is 1. The van der Waals surface area contributed by atoms with Crippen LogP contribution in [0.2, 0.25) is 0 Å². The van der Waals surface area contributed by atoms with E-state index in [1.54, 1.807) is 46.2 Å². The maximum atomic E-state index is 14.6. The standard InChI is InChI=1S/C70H80ClN11O15S/c1-43(2)33-52(78-68(90)53(34-45-9-5-4-6-10-45)77-59(84)18-25-93-27-29-95-31-32-96-30-28-94-26-19-72-58(83)17-20-81-60(85)15-16-61(81)86)66(88)73-40-62(87)79-21-23-80(24-22-79)70(92)97-57-38-56-64(63-44(3)42-98-65(57)63)48(39-71)41-82(56)69(91)55-37-47-35-49(13-14-51(47)76-55)74-67(89)54-36-46-11-7-8-12-50(46)75-54/h4-16,35-38,42-43,48,52-53,75-76H,17-34,39-41H2,1-3H3,(H,72,83)(H,73,88)(H,74,89)(H,77,84)(H,78,90)/t48-,52+,53+/m1/s1. The first-order chi connectivity index (χ1) is 47.4. The number of benzene rings is 4. The van der Waals surface area contributed by atoms with Gasteiger partial charge in [0.05, 0.1) is 69.8 Å². The predicted octanol–water partition coefficient (Wildman–Crippen LogP) is 6.31. The number of aromatic nitrogens is 2. The number of thiophene rings is 1. The molecule has 0 aliphatic carbocycles. The maximum Gasteiger partial charge on any atom is 0.415 e. The fraction of sp³-hybridized carbons (Fsp3) is 0.400. The van der Waals surface area contributed by atoms with Crippen LogP contribution in [-0.4, -0.2) is 207 Å². The molecule has 518 valence electrons. The third kappa shape index (κ3) is 18.6. The molecule has 3 aliphatic rings. The number of fused-ring (bicyclic) bond motifs is 5. The van der Waals surface area contributed by atoms with Crippen LogP contribution < -0.4 is 36.2 Å². The fourth-order valence-electron chi connectivity index (χ4n) is 11.8. The van der Waals surface area contributed by atoms with Crippen molar-refractivity contribution in [3.63, 3.8) is 0 Å². The van der Waals surface area contributed by atoms with E-state index < -0.39 is 53.6 Å². The van der Waals surface area contributed by atoms with Gasteiger partial charge >= 0.3 is 6.09 Å². The van der Waals surface area contributed by atoms with E-state index in [0.29, 0.717) is 53.5 Å². The Labute approximate surface area is 574 Å². The van der Waals surface area contributed by atoms with Gasteiger partial charge in [-0.15, -0.1) is 22.9 Å². The minimum Gasteiger partial charge on any atom is -0.409 e. The lowest BCUT2D eigenvalue weighted by Crippen LogP contribution is -2.56. The van der Waals surface area contributed by atoms with Crippen LogP contribution in [0.25, 0.3) is 31.9 Å². The highest BCUT2D eigenvalue weighted by Gasteiger charge is 2.38. The van der Waals surface area contributed by atoms with Crippen molar-refractivity contribution in [3.05, 3.63) is 137 Å². The number of carbonyl (C=O) groups excluding carboxylic acids is 10. The smallest absolute Gasteiger partial charge is 0.409 e. The number of para-hydroxylation sites is 1. The van der Waals surface area contributed by atoms with Crippen LogP contribution in [0.4, 0.5) is 16.2 Å². The molecule has 6 heterocycles. The van der Waals surface area contributed by atoms with E-state index in [4.69, 9.17) is 35.3 Å². The molecular formula is C70H80ClN11O15S. The molecule has 0 radical (unpaired) electrons. The van der Waals surface area contributed by atoms with E-state index in [2.05, 4.69) is 36.6 Å². The van der Waals surface area contributed by atoms with Crippen molar-refractivity contribution in [2.45, 2.75) is 64.5 Å². The summed E-state index contributed by atoms with van der Waals surface area (Å²) >= 11 is 8.07. The van der Waals surface area contributed by atoms with Gasteiger partial charge in [-0.1, -0.05) is 62.4 Å². The number of halogens is 1. The molecule has 10 amide bonds. The minimum atomic E-state index is -1.05. The highest BCUT2D eigenvalue weighted by molar-refractivity contribution is 7.17. The van der Waals surface area contributed by atoms with Crippen molar-refractivity contribution >= 4 is 125 Å². The summed E-state index contributed by atoms with van der Waals surface area (Å²) in [4.78, 5) is 144. The summed E-state index contributed by atoms with van der Waals surface area (Å²) in [6.45, 7) is 8.44. The molecule has 28 heteroatoms. The second-order valence-electron chi connectivity index (χ2n) is 24.3. The number of hydrogen-bond acceptors (Lipinski definition) is 16. The van der Waals surface area contributed by atoms with Crippen molar-refractivity contribution in [1.82, 2.24) is 45.9 Å². The van der Waals surface area contributed by atoms with Crippen LogP contribution in [0, 0.1) is 12.8 Å². The van der Waals surface area contributed by atoms with E-state index in [9.17, 15) is 47.9 Å². The van der Waals surface area contributed by atoms with Gasteiger partial charge in [-0.2, -0.15) is 0 Å². The number of alkyl halides is 1. The zero-order valence-electron chi connectivity index (χ0n) is 54.7. The number of hydrogen-bond donors (Lipinski definition) is 7. The molecular weight excluding hydrogens is 1300 g/mol. The zero-order chi connectivity index (χ0) is 69.2. The molecule has 3 aliphatic heterocycles. The van der Waals surface area contributed by atoms with Crippen LogP contribution in [0.1, 0.15) is 76.7 Å². The van der Waals surface area contributed by atoms with Crippen molar-refractivity contribution in [1.29, 1.82) is 0 Å². The lowest BCUT2D eigenvalue weighted by Gasteiger charge is -2.34. The number of ether oxygens (including phenoxy) is 5. The summed E-state index contributed by atoms with van der Waals surface area (Å²) in [6, 6.07) is 25.3. The van der Waals surface area contributed by atoms with Crippen LogP contribution in [0.3, 0.4) is 0 Å². The second-order valence-corrected chi connectivity index (χ2v) is 25.5. The Morgan fingerprint density at radius 2 is 1.33 bits per heavy atom. The fourth-order valence-corrected chi connectivity index (χ4v) is 13.1. The second kappa shape index (κ2) is 34.1. The van der Waals surface area contributed by atoms with Gasteiger partial charge in [0.15, 0.2) is 5.75 Å². The quantitative estimate of drug-likeness (QED) is 0.0135. The van der Waals surface area contributed by atoms with E-state index in [-0.39, 0.29) is 152 Å². The van der Waals surface area contributed by atoms with Crippen molar-refractivity contribution in [3.8, 4) is 5.75 Å². The molecule has 10 rings (SSSR count). The minimum absolute atomic E-state index is 0.00188. The lowest BCUT2D eigenvalue weighted by atomic mass is 9.97. The summed E-state index contributed by atoms with van der Waals surface area (Å²) in [7, 11) is 0. The van der Waals surface area contributed by atoms with E-state index >= 15 is 0 Å². The normalized spacial score (nSPS) is 15.1. The average molecular weight is 1380 g/mol. The van der Waals surface area contributed by atoms with Crippen LogP contribution in [-0.2, 0) is 58.9 Å². The monoisotopic (exact) mass is 1380 g/mol. The number of amides is 10. The van der Waals surface area contributed by atoms with Crippen molar-refractivity contribution in [2.75, 3.05) is 121 Å². The van der Waals surface area contributed by atoms with Gasteiger partial charge in [0.1, 0.15) is 23.5 Å². The Hall–Kier alpha value is -9.51. The number of aromatic amines is 2. The number of nitrogens with one attached hydrogen (secondary N) is 7. The molecule has 0 bridgehead atoms. The molecule has 3 atom stereocenters. The number of H-pyrrole nitrogens is 2. The third-order valence-electron chi connectivity index (χ3n) is 16.8. The molecule has 4 aromatic carbocycles. The molecule has 98 heavy (non-hydrogen) atoms. The largest absolute Gasteiger partial charge is 0.415 e. The number of rotatable bonds is 33. The molecule has 0 unspecified atom stereocenters. The van der Waals surface area contributed by atoms with Gasteiger partial charge in [-0.25, -0.2) is 4.79 Å². The predicted molar refractivity (Wildman–Crippen MR) is 368 cm³/mol. The SMILES string of the molecule is Cc1csc2c(OC(=O)N3CCN(C(=O)CNC(=O)[C@H](CC(C)C)NC(=O)[C@H](Cc4ccccc4)NC(=O)CCOCCOCCOCCOCCNC(=O)CCN4C(=O)C=CC4=O)CC3)cc3c(c12)[C@H](CCl)CN3C(=O)c1cc2cc(NC(=O)c3cc4ccccc4[nH]3)ccc2[nH]1. The highest BCUT2D eigenvalue weighted by atomic mass is 35.5. The van der Waals surface area contributed by atoms with Gasteiger partial charge in [0.25, 0.3) is 23.6 Å². The molecule has 0 spiro atoms. The third-order valence-corrected chi connectivity index (χ3v) is 18.3. The van der Waals surface area contributed by atoms with E-state index in [1.807, 2.05) is 80.7 Å². The molecule has 3 aromatic heterocycles. The van der Waals surface area contributed by atoms with Crippen LogP contribution in [0.5, 0.6) is 5.75 Å². The summed E-state index contributed by atoms with van der Waals surface area (Å²) in [5.41, 5.74) is 5.99. The Bertz CT molecular complexity index is 4040. The number of carbonyl (C=O) groups is 10. The Morgan fingerprint density at radius 3 is 2.03 bits per heavy atom. The summed E-state index contributed by atoms with van der Waals surface area (Å²) in [6.07, 6.45) is 2.01. The summed E-state index contributed by atoms with van der Waals surface area (Å²) in [5.74, 6) is -3.56. The first kappa shape index (κ1) is 71.3. The van der Waals surface area contributed by atoms with Gasteiger partial charge in [-0.3, -0.25) is 48.1 Å². The van der Waals surface area contributed by atoms with E-state index in [1.165, 1.54) is 28.4 Å². The molecule has 7 aromatic rings. The zero-order valence-corrected chi connectivity index (χ0v) is 56.3. The molecule has 0 saturated carbocycles. The summed E-state index contributed by atoms with van der Waals surface area (Å²) < 4.78 is 29.1. The van der Waals surface area contributed by atoms with Crippen molar-refractivity contribution in [2.24, 2.45) is 5.92 Å². The Balaban J connectivity index is 0.650. The first-order valence-electron chi connectivity index (χ1n) is 32.6. The molecule has 1 saturated heterocycles.